The molecule has 2 aromatic rings. The molecule has 6 heteroatoms. The molecular formula is C18H19NO5. The van der Waals surface area contributed by atoms with Crippen molar-refractivity contribution in [2.24, 2.45) is 0 Å². The lowest BCUT2D eigenvalue weighted by Crippen LogP contribution is -2.22. The van der Waals surface area contributed by atoms with Gasteiger partial charge in [-0.1, -0.05) is 0 Å². The topological polar surface area (TPSA) is 77.8 Å². The van der Waals surface area contributed by atoms with Crippen molar-refractivity contribution in [1.29, 1.82) is 0 Å². The summed E-state index contributed by atoms with van der Waals surface area (Å²) < 4.78 is 13.1. The zero-order chi connectivity index (χ0) is 17.3. The van der Waals surface area contributed by atoms with Crippen LogP contribution in [0.2, 0.25) is 0 Å². The van der Waals surface area contributed by atoms with Crippen LogP contribution in [0.25, 0.3) is 11.3 Å². The van der Waals surface area contributed by atoms with Crippen LogP contribution in [0.1, 0.15) is 29.8 Å². The molecule has 1 aliphatic rings. The van der Waals surface area contributed by atoms with Gasteiger partial charge in [-0.25, -0.2) is 4.79 Å². The molecule has 6 nitrogen and oxygen atoms in total. The zero-order valence-corrected chi connectivity index (χ0v) is 13.7. The number of aromatic nitrogens is 1. The molecule has 0 radical (unpaired) electrons. The Balaban J connectivity index is 2.17. The van der Waals surface area contributed by atoms with Crippen LogP contribution in [0, 0.1) is 0 Å². The van der Waals surface area contributed by atoms with Gasteiger partial charge in [-0.05, 0) is 38.0 Å². The van der Waals surface area contributed by atoms with Crippen molar-refractivity contribution in [3.05, 3.63) is 45.7 Å². The van der Waals surface area contributed by atoms with Gasteiger partial charge in [0.05, 0.1) is 18.9 Å². The standard InChI is InChI=1S/C18H19NO5/c1-3-23-16-7-11-5-6-19-10-13(18(21)22)15(20)9-14(19)12(11)8-17(16)24-4-2/h7-10H,3-6H2,1-2H3,(H,21,22). The van der Waals surface area contributed by atoms with Crippen LogP contribution >= 0.6 is 0 Å². The first-order chi connectivity index (χ1) is 11.5. The highest BCUT2D eigenvalue weighted by atomic mass is 16.5. The van der Waals surface area contributed by atoms with E-state index in [9.17, 15) is 9.59 Å². The van der Waals surface area contributed by atoms with E-state index in [0.717, 1.165) is 17.5 Å². The summed E-state index contributed by atoms with van der Waals surface area (Å²) in [6.07, 6.45) is 2.15. The van der Waals surface area contributed by atoms with Crippen LogP contribution < -0.4 is 14.9 Å². The van der Waals surface area contributed by atoms with Gasteiger partial charge < -0.3 is 19.1 Å². The second-order valence-electron chi connectivity index (χ2n) is 5.51. The Morgan fingerprint density at radius 2 is 1.83 bits per heavy atom. The third kappa shape index (κ3) is 2.75. The van der Waals surface area contributed by atoms with Gasteiger partial charge in [-0.2, -0.15) is 0 Å². The van der Waals surface area contributed by atoms with Crippen LogP contribution in [0.15, 0.2) is 29.2 Å². The van der Waals surface area contributed by atoms with Crippen LogP contribution in [-0.4, -0.2) is 28.9 Å². The fourth-order valence-corrected chi connectivity index (χ4v) is 2.98. The molecule has 1 aromatic carbocycles. The van der Waals surface area contributed by atoms with Gasteiger partial charge in [0.2, 0.25) is 0 Å². The normalized spacial score (nSPS) is 12.2. The SMILES string of the molecule is CCOc1cc2c(cc1OCC)-c1cc(=O)c(C(=O)O)cn1CC2. The van der Waals surface area contributed by atoms with E-state index in [1.807, 2.05) is 30.5 Å². The molecule has 0 atom stereocenters. The number of fused-ring (bicyclic) bond motifs is 3. The molecule has 0 saturated carbocycles. The Labute approximate surface area is 139 Å². The van der Waals surface area contributed by atoms with Crippen molar-refractivity contribution >= 4 is 5.97 Å². The largest absolute Gasteiger partial charge is 0.490 e. The molecule has 0 saturated heterocycles. The predicted octanol–water partition coefficient (Wildman–Crippen LogP) is 2.57. The van der Waals surface area contributed by atoms with Crippen molar-refractivity contribution in [3.8, 4) is 22.8 Å². The summed E-state index contributed by atoms with van der Waals surface area (Å²) >= 11 is 0. The van der Waals surface area contributed by atoms with E-state index in [-0.39, 0.29) is 5.56 Å². The lowest BCUT2D eigenvalue weighted by Gasteiger charge is -2.24. The fraction of sp³-hybridized carbons (Fsp3) is 0.333. The number of benzene rings is 1. The van der Waals surface area contributed by atoms with E-state index in [1.165, 1.54) is 12.3 Å². The Morgan fingerprint density at radius 3 is 2.46 bits per heavy atom. The average molecular weight is 329 g/mol. The summed E-state index contributed by atoms with van der Waals surface area (Å²) in [5.41, 5.74) is 1.94. The highest BCUT2D eigenvalue weighted by Crippen LogP contribution is 2.38. The van der Waals surface area contributed by atoms with Crippen molar-refractivity contribution in [1.82, 2.24) is 4.57 Å². The maximum atomic E-state index is 12.1. The van der Waals surface area contributed by atoms with E-state index < -0.39 is 11.4 Å². The van der Waals surface area contributed by atoms with Gasteiger partial charge in [-0.15, -0.1) is 0 Å². The van der Waals surface area contributed by atoms with Crippen molar-refractivity contribution in [2.45, 2.75) is 26.8 Å². The number of carbonyl (C=O) groups is 1. The lowest BCUT2D eigenvalue weighted by molar-refractivity contribution is 0.0694. The Hall–Kier alpha value is -2.76. The number of aromatic carboxylic acids is 1. The second kappa shape index (κ2) is 6.39. The number of hydrogen-bond acceptors (Lipinski definition) is 4. The summed E-state index contributed by atoms with van der Waals surface area (Å²) in [4.78, 5) is 23.2. The first kappa shape index (κ1) is 16.1. The van der Waals surface area contributed by atoms with Crippen LogP contribution in [0.3, 0.4) is 0 Å². The van der Waals surface area contributed by atoms with Gasteiger partial charge in [0, 0.05) is 24.4 Å². The fourth-order valence-electron chi connectivity index (χ4n) is 2.98. The molecule has 0 fully saturated rings. The van der Waals surface area contributed by atoms with E-state index in [1.54, 1.807) is 0 Å². The quantitative estimate of drug-likeness (QED) is 0.912. The summed E-state index contributed by atoms with van der Waals surface area (Å²) in [5.74, 6) is 0.111. The molecular weight excluding hydrogens is 310 g/mol. The van der Waals surface area contributed by atoms with Gasteiger partial charge in [0.1, 0.15) is 5.56 Å². The van der Waals surface area contributed by atoms with Crippen LogP contribution in [0.4, 0.5) is 0 Å². The number of aryl methyl sites for hydroxylation is 2. The lowest BCUT2D eigenvalue weighted by atomic mass is 9.96. The highest BCUT2D eigenvalue weighted by molar-refractivity contribution is 5.87. The Bertz CT molecular complexity index is 853. The number of pyridine rings is 1. The number of ether oxygens (including phenoxy) is 2. The number of carboxylic acids is 1. The van der Waals surface area contributed by atoms with Crippen molar-refractivity contribution in [3.63, 3.8) is 0 Å². The number of hydrogen-bond donors (Lipinski definition) is 1. The van der Waals surface area contributed by atoms with Gasteiger partial charge in [0.15, 0.2) is 16.9 Å². The summed E-state index contributed by atoms with van der Waals surface area (Å²) in [6, 6.07) is 5.20. The highest BCUT2D eigenvalue weighted by Gasteiger charge is 2.22. The monoisotopic (exact) mass is 329 g/mol. The predicted molar refractivity (Wildman–Crippen MR) is 89.1 cm³/mol. The average Bonchev–Trinajstić information content (AvgIpc) is 2.55. The summed E-state index contributed by atoms with van der Waals surface area (Å²) in [5, 5.41) is 9.12. The summed E-state index contributed by atoms with van der Waals surface area (Å²) in [7, 11) is 0. The van der Waals surface area contributed by atoms with E-state index in [2.05, 4.69) is 0 Å². The zero-order valence-electron chi connectivity index (χ0n) is 13.7. The molecule has 1 aromatic heterocycles. The van der Waals surface area contributed by atoms with Crippen molar-refractivity contribution < 1.29 is 19.4 Å². The smallest absolute Gasteiger partial charge is 0.341 e. The van der Waals surface area contributed by atoms with Gasteiger partial charge >= 0.3 is 5.97 Å². The van der Waals surface area contributed by atoms with E-state index in [4.69, 9.17) is 14.6 Å². The maximum Gasteiger partial charge on any atom is 0.341 e. The molecule has 24 heavy (non-hydrogen) atoms. The first-order valence-electron chi connectivity index (χ1n) is 7.95. The molecule has 1 N–H and O–H groups in total. The molecule has 126 valence electrons. The Kier molecular flexibility index (Phi) is 4.29. The minimum Gasteiger partial charge on any atom is -0.490 e. The first-order valence-corrected chi connectivity index (χ1v) is 7.95. The third-order valence-electron chi connectivity index (χ3n) is 4.03. The van der Waals surface area contributed by atoms with Crippen molar-refractivity contribution in [2.75, 3.05) is 13.2 Å². The molecule has 3 rings (SSSR count). The number of nitrogens with zero attached hydrogens (tertiary/aromatic N) is 1. The molecule has 2 heterocycles. The van der Waals surface area contributed by atoms with Gasteiger partial charge in [0.25, 0.3) is 0 Å². The van der Waals surface area contributed by atoms with E-state index >= 15 is 0 Å². The summed E-state index contributed by atoms with van der Waals surface area (Å²) in [6.45, 7) is 5.47. The molecule has 0 unspecified atom stereocenters. The molecule has 0 bridgehead atoms. The van der Waals surface area contributed by atoms with Gasteiger partial charge in [-0.3, -0.25) is 4.79 Å². The molecule has 0 spiro atoms. The van der Waals surface area contributed by atoms with Crippen LogP contribution in [0.5, 0.6) is 11.5 Å². The molecule has 1 aliphatic heterocycles. The van der Waals surface area contributed by atoms with Crippen LogP contribution in [-0.2, 0) is 13.0 Å². The Morgan fingerprint density at radius 1 is 1.17 bits per heavy atom. The number of rotatable bonds is 5. The number of carboxylic acid groups (broad SMARTS) is 1. The maximum absolute atomic E-state index is 12.1. The third-order valence-corrected chi connectivity index (χ3v) is 4.03. The minimum absolute atomic E-state index is 0.210. The molecule has 0 amide bonds. The minimum atomic E-state index is -1.21. The second-order valence-corrected chi connectivity index (χ2v) is 5.51. The molecule has 0 aliphatic carbocycles. The van der Waals surface area contributed by atoms with E-state index in [0.29, 0.717) is 37.0 Å².